The van der Waals surface area contributed by atoms with Gasteiger partial charge in [0.1, 0.15) is 12.5 Å². The Morgan fingerprint density at radius 3 is 2.77 bits per heavy atom. The third-order valence-corrected chi connectivity index (χ3v) is 4.52. The van der Waals surface area contributed by atoms with Gasteiger partial charge in [0.15, 0.2) is 0 Å². The van der Waals surface area contributed by atoms with Gasteiger partial charge in [-0.25, -0.2) is 0 Å². The molecule has 4 nitrogen and oxygen atoms in total. The van der Waals surface area contributed by atoms with Gasteiger partial charge in [-0.15, -0.1) is 11.8 Å². The van der Waals surface area contributed by atoms with Crippen LogP contribution in [-0.4, -0.2) is 42.1 Å². The fourth-order valence-corrected chi connectivity index (χ4v) is 3.37. The third-order valence-electron chi connectivity index (χ3n) is 3.53. The summed E-state index contributed by atoms with van der Waals surface area (Å²) in [5, 5.41) is 10.0. The van der Waals surface area contributed by atoms with E-state index in [2.05, 4.69) is 20.8 Å². The molecule has 1 N–H and O–H groups in total. The highest BCUT2D eigenvalue weighted by Gasteiger charge is 2.24. The molecule has 0 unspecified atom stereocenters. The molecular formula is C17H23NO3S. The summed E-state index contributed by atoms with van der Waals surface area (Å²) in [5.74, 6) is 1.16. The molecule has 1 aliphatic heterocycles. The van der Waals surface area contributed by atoms with Crippen molar-refractivity contribution in [1.29, 1.82) is 0 Å². The highest BCUT2D eigenvalue weighted by Crippen LogP contribution is 2.33. The van der Waals surface area contributed by atoms with Gasteiger partial charge >= 0.3 is 0 Å². The molecule has 120 valence electrons. The van der Waals surface area contributed by atoms with Gasteiger partial charge in [0.25, 0.3) is 5.91 Å². The molecular weight excluding hydrogens is 298 g/mol. The smallest absolute Gasteiger partial charge is 0.262 e. The first-order valence-corrected chi connectivity index (χ1v) is 8.27. The van der Waals surface area contributed by atoms with Crippen LogP contribution in [0.25, 0.3) is 6.08 Å². The van der Waals surface area contributed by atoms with E-state index in [-0.39, 0.29) is 11.3 Å². The summed E-state index contributed by atoms with van der Waals surface area (Å²) < 4.78 is 5.07. The first kappa shape index (κ1) is 16.9. The molecule has 1 aromatic carbocycles. The van der Waals surface area contributed by atoms with E-state index < -0.39 is 0 Å². The second kappa shape index (κ2) is 6.75. The van der Waals surface area contributed by atoms with Crippen LogP contribution in [0.2, 0.25) is 0 Å². The van der Waals surface area contributed by atoms with E-state index in [1.54, 1.807) is 29.8 Å². The third kappa shape index (κ3) is 3.84. The van der Waals surface area contributed by atoms with E-state index in [9.17, 15) is 9.90 Å². The Morgan fingerprint density at radius 1 is 1.41 bits per heavy atom. The van der Waals surface area contributed by atoms with Crippen LogP contribution in [0.15, 0.2) is 23.1 Å². The van der Waals surface area contributed by atoms with Crippen LogP contribution in [0.5, 0.6) is 5.75 Å². The van der Waals surface area contributed by atoms with E-state index >= 15 is 0 Å². The Balaban J connectivity index is 2.31. The van der Waals surface area contributed by atoms with Gasteiger partial charge in [0.2, 0.25) is 0 Å². The Labute approximate surface area is 136 Å². The summed E-state index contributed by atoms with van der Waals surface area (Å²) >= 11 is 1.57. The lowest BCUT2D eigenvalue weighted by atomic mass is 9.85. The molecule has 0 spiro atoms. The molecule has 1 saturated heterocycles. The SMILES string of the molecule is COCN1CCSC(=Cc2ccc(O)c(C(C)(C)C)c2)C1=O. The molecule has 1 aliphatic rings. The minimum absolute atomic E-state index is 0.00323. The normalized spacial score (nSPS) is 18.1. The number of nitrogens with zero attached hydrogens (tertiary/aromatic N) is 1. The second-order valence-electron chi connectivity index (χ2n) is 6.37. The number of carbonyl (C=O) groups excluding carboxylic acids is 1. The number of thioether (sulfide) groups is 1. The van der Waals surface area contributed by atoms with Crippen LogP contribution in [0.1, 0.15) is 31.9 Å². The number of carbonyl (C=O) groups is 1. The van der Waals surface area contributed by atoms with Crippen molar-refractivity contribution in [3.63, 3.8) is 0 Å². The zero-order valence-corrected chi connectivity index (χ0v) is 14.4. The molecule has 22 heavy (non-hydrogen) atoms. The van der Waals surface area contributed by atoms with E-state index in [0.717, 1.165) is 16.9 Å². The summed E-state index contributed by atoms with van der Waals surface area (Å²) in [4.78, 5) is 14.8. The standard InChI is InChI=1S/C17H23NO3S/c1-17(2,3)13-9-12(5-6-14(13)19)10-15-16(20)18(11-21-4)7-8-22-15/h5-6,9-10,19H,7-8,11H2,1-4H3. The van der Waals surface area contributed by atoms with E-state index in [0.29, 0.717) is 23.9 Å². The average Bonchev–Trinajstić information content (AvgIpc) is 2.44. The monoisotopic (exact) mass is 321 g/mol. The Morgan fingerprint density at radius 2 is 2.14 bits per heavy atom. The molecule has 0 atom stereocenters. The van der Waals surface area contributed by atoms with Gasteiger partial charge < -0.3 is 14.7 Å². The molecule has 0 aliphatic carbocycles. The first-order valence-electron chi connectivity index (χ1n) is 7.29. The maximum atomic E-state index is 12.4. The molecule has 5 heteroatoms. The number of rotatable bonds is 3. The predicted molar refractivity (Wildman–Crippen MR) is 90.8 cm³/mol. The lowest BCUT2D eigenvalue weighted by Crippen LogP contribution is -2.38. The lowest BCUT2D eigenvalue weighted by Gasteiger charge is -2.27. The zero-order valence-electron chi connectivity index (χ0n) is 13.5. The summed E-state index contributed by atoms with van der Waals surface area (Å²) in [6.45, 7) is 7.19. The maximum Gasteiger partial charge on any atom is 0.262 e. The number of phenolic OH excluding ortho intramolecular Hbond substituents is 1. The van der Waals surface area contributed by atoms with Gasteiger partial charge in [-0.1, -0.05) is 26.8 Å². The van der Waals surface area contributed by atoms with Crippen molar-refractivity contribution in [2.24, 2.45) is 0 Å². The van der Waals surface area contributed by atoms with Crippen molar-refractivity contribution in [2.45, 2.75) is 26.2 Å². The van der Waals surface area contributed by atoms with Crippen molar-refractivity contribution in [3.8, 4) is 5.75 Å². The van der Waals surface area contributed by atoms with Crippen molar-refractivity contribution >= 4 is 23.7 Å². The van der Waals surface area contributed by atoms with Gasteiger partial charge in [0, 0.05) is 19.4 Å². The fourth-order valence-electron chi connectivity index (χ4n) is 2.36. The fraction of sp³-hybridized carbons (Fsp3) is 0.471. The quantitative estimate of drug-likeness (QED) is 0.869. The van der Waals surface area contributed by atoms with Crippen molar-refractivity contribution in [2.75, 3.05) is 26.1 Å². The van der Waals surface area contributed by atoms with E-state index in [1.165, 1.54) is 0 Å². The number of benzene rings is 1. The molecule has 0 radical (unpaired) electrons. The molecule has 1 heterocycles. The van der Waals surface area contributed by atoms with Gasteiger partial charge in [-0.2, -0.15) is 0 Å². The number of hydrogen-bond donors (Lipinski definition) is 1. The predicted octanol–water partition coefficient (Wildman–Crippen LogP) is 3.21. The number of aromatic hydroxyl groups is 1. The van der Waals surface area contributed by atoms with E-state index in [4.69, 9.17) is 4.74 Å². The molecule has 1 amide bonds. The largest absolute Gasteiger partial charge is 0.508 e. The molecule has 0 bridgehead atoms. The highest BCUT2D eigenvalue weighted by molar-refractivity contribution is 8.04. The van der Waals surface area contributed by atoms with E-state index in [1.807, 2.05) is 18.2 Å². The lowest BCUT2D eigenvalue weighted by molar-refractivity contribution is -0.130. The minimum Gasteiger partial charge on any atom is -0.508 e. The zero-order chi connectivity index (χ0) is 16.3. The highest BCUT2D eigenvalue weighted by atomic mass is 32.2. The van der Waals surface area contributed by atoms with Crippen LogP contribution in [0.3, 0.4) is 0 Å². The Hall–Kier alpha value is -1.46. The number of methoxy groups -OCH3 is 1. The number of hydrogen-bond acceptors (Lipinski definition) is 4. The van der Waals surface area contributed by atoms with Gasteiger partial charge in [0.05, 0.1) is 4.91 Å². The summed E-state index contributed by atoms with van der Waals surface area (Å²) in [7, 11) is 1.59. The minimum atomic E-state index is -0.148. The Kier molecular flexibility index (Phi) is 5.19. The number of amides is 1. The molecule has 1 aromatic rings. The van der Waals surface area contributed by atoms with Crippen molar-refractivity contribution in [3.05, 3.63) is 34.2 Å². The topological polar surface area (TPSA) is 49.8 Å². The van der Waals surface area contributed by atoms with Crippen molar-refractivity contribution in [1.82, 2.24) is 4.90 Å². The molecule has 2 rings (SSSR count). The number of phenols is 1. The van der Waals surface area contributed by atoms with Gasteiger partial charge in [-0.3, -0.25) is 4.79 Å². The Bertz CT molecular complexity index is 588. The van der Waals surface area contributed by atoms with Crippen LogP contribution in [0.4, 0.5) is 0 Å². The van der Waals surface area contributed by atoms with Crippen LogP contribution >= 0.6 is 11.8 Å². The first-order chi connectivity index (χ1) is 10.3. The van der Waals surface area contributed by atoms with Crippen LogP contribution in [-0.2, 0) is 14.9 Å². The van der Waals surface area contributed by atoms with Crippen LogP contribution in [0, 0.1) is 0 Å². The number of ether oxygens (including phenoxy) is 1. The average molecular weight is 321 g/mol. The van der Waals surface area contributed by atoms with Crippen LogP contribution < -0.4 is 0 Å². The maximum absolute atomic E-state index is 12.4. The van der Waals surface area contributed by atoms with Gasteiger partial charge in [-0.05, 0) is 34.8 Å². The molecule has 1 fully saturated rings. The summed E-state index contributed by atoms with van der Waals surface area (Å²) in [5.41, 5.74) is 1.66. The van der Waals surface area contributed by atoms with Crippen molar-refractivity contribution < 1.29 is 14.6 Å². The molecule has 0 aromatic heterocycles. The summed E-state index contributed by atoms with van der Waals surface area (Å²) in [6, 6.07) is 5.48. The summed E-state index contributed by atoms with van der Waals surface area (Å²) in [6.07, 6.45) is 1.89. The second-order valence-corrected chi connectivity index (χ2v) is 7.51. The molecule has 0 saturated carbocycles.